The van der Waals surface area contributed by atoms with Crippen LogP contribution in [0.2, 0.25) is 10.0 Å². The minimum atomic E-state index is -4.27. The number of aromatic amines is 1. The van der Waals surface area contributed by atoms with E-state index < -0.39 is 56.2 Å². The minimum Gasteiger partial charge on any atom is -0.506 e. The number of aliphatic hydroxyl groups excluding tert-OH is 1. The number of nitrogens with zero attached hydrogens (tertiary/aromatic N) is 3. The first kappa shape index (κ1) is 26.7. The van der Waals surface area contributed by atoms with Gasteiger partial charge in [0.15, 0.2) is 22.4 Å². The van der Waals surface area contributed by atoms with Gasteiger partial charge < -0.3 is 14.9 Å². The Balaban J connectivity index is 1.68. The van der Waals surface area contributed by atoms with Crippen molar-refractivity contribution in [2.24, 2.45) is 0 Å². The quantitative estimate of drug-likeness (QED) is 0.286. The van der Waals surface area contributed by atoms with Crippen molar-refractivity contribution in [1.29, 1.82) is 0 Å². The number of alkyl halides is 2. The molecule has 2 aromatic carbocycles. The van der Waals surface area contributed by atoms with Crippen molar-refractivity contribution in [2.75, 3.05) is 0 Å². The van der Waals surface area contributed by atoms with Crippen LogP contribution in [-0.2, 0) is 10.0 Å². The second-order valence-electron chi connectivity index (χ2n) is 8.00. The summed E-state index contributed by atoms with van der Waals surface area (Å²) in [6.45, 7) is 3.53. The van der Waals surface area contributed by atoms with Crippen LogP contribution < -0.4 is 16.0 Å². The van der Waals surface area contributed by atoms with Gasteiger partial charge in [-0.3, -0.25) is 9.78 Å². The molecule has 37 heavy (non-hydrogen) atoms. The number of aromatic nitrogens is 3. The van der Waals surface area contributed by atoms with Gasteiger partial charge in [-0.05, 0) is 24.3 Å². The Morgan fingerprint density at radius 2 is 1.81 bits per heavy atom. The Morgan fingerprint density at radius 1 is 1.19 bits per heavy atom. The van der Waals surface area contributed by atoms with Gasteiger partial charge >= 0.3 is 15.7 Å². The summed E-state index contributed by atoms with van der Waals surface area (Å²) < 4.78 is 58.9. The van der Waals surface area contributed by atoms with E-state index in [0.717, 1.165) is 28.2 Å². The molecule has 1 aromatic heterocycles. The van der Waals surface area contributed by atoms with E-state index in [4.69, 9.17) is 27.9 Å². The van der Waals surface area contributed by atoms with Gasteiger partial charge in [0, 0.05) is 18.9 Å². The second kappa shape index (κ2) is 9.85. The molecule has 1 aliphatic carbocycles. The number of sulfonamides is 1. The van der Waals surface area contributed by atoms with Gasteiger partial charge in [0.25, 0.3) is 12.0 Å². The topological polar surface area (TPSA) is 155 Å². The maximum Gasteiger partial charge on any atom is 0.398 e. The number of hydrogen-bond acceptors (Lipinski definition) is 8. The van der Waals surface area contributed by atoms with E-state index in [2.05, 4.69) is 11.8 Å². The van der Waals surface area contributed by atoms with Crippen molar-refractivity contribution in [3.05, 3.63) is 66.9 Å². The molecule has 3 aromatic rings. The number of phenolic OH excluding ortho intramolecular Hbond substituents is 1. The van der Waals surface area contributed by atoms with Gasteiger partial charge in [-0.1, -0.05) is 23.2 Å². The predicted octanol–water partition coefficient (Wildman–Crippen LogP) is 2.59. The molecule has 0 radical (unpaired) electrons. The summed E-state index contributed by atoms with van der Waals surface area (Å²) in [5, 5.41) is 22.6. The van der Waals surface area contributed by atoms with E-state index in [1.54, 1.807) is 4.98 Å². The highest BCUT2D eigenvalue weighted by Gasteiger charge is 2.43. The van der Waals surface area contributed by atoms with Crippen molar-refractivity contribution in [3.63, 3.8) is 0 Å². The lowest BCUT2D eigenvalue weighted by Gasteiger charge is -2.27. The average molecular weight is 578 g/mol. The molecular weight excluding hydrogens is 561 g/mol. The van der Waals surface area contributed by atoms with Crippen LogP contribution in [0.3, 0.4) is 0 Å². The minimum absolute atomic E-state index is 0.103. The third-order valence-corrected chi connectivity index (χ3v) is 7.88. The number of benzene rings is 2. The highest BCUT2D eigenvalue weighted by Crippen LogP contribution is 2.40. The molecule has 1 aliphatic rings. The standard InChI is InChI=1S/C21H16Cl2F2N4O7S/c1-28(9-4-11(30)5-9)37(34,35)16-8-12(2-3-15(16)31)36-18-13(22)6-10(7-14(18)23)29-21(33)26-20(32)17(27-29)19(24)25/h2-3,6-9,11,19,30H,1,4-5H2,(H-,26,31,32,33)/p+1/t9-,11+. The van der Waals surface area contributed by atoms with E-state index in [0.29, 0.717) is 4.68 Å². The number of aliphatic hydroxyl groups is 1. The van der Waals surface area contributed by atoms with Gasteiger partial charge in [0.1, 0.15) is 18.2 Å². The summed E-state index contributed by atoms with van der Waals surface area (Å²) in [5.74, 6) is -0.873. The molecule has 0 atom stereocenters. The largest absolute Gasteiger partial charge is 0.506 e. The monoisotopic (exact) mass is 577 g/mol. The lowest BCUT2D eigenvalue weighted by atomic mass is 9.90. The smallest absolute Gasteiger partial charge is 0.398 e. The van der Waals surface area contributed by atoms with E-state index in [-0.39, 0.29) is 40.1 Å². The summed E-state index contributed by atoms with van der Waals surface area (Å²) in [4.78, 5) is 24.8. The van der Waals surface area contributed by atoms with Crippen LogP contribution in [0.1, 0.15) is 25.0 Å². The zero-order valence-electron chi connectivity index (χ0n) is 18.4. The van der Waals surface area contributed by atoms with Crippen LogP contribution in [0, 0.1) is 0 Å². The molecule has 16 heteroatoms. The third kappa shape index (κ3) is 5.09. The highest BCUT2D eigenvalue weighted by molar-refractivity contribution is 7.85. The van der Waals surface area contributed by atoms with Crippen molar-refractivity contribution in [2.45, 2.75) is 36.3 Å². The molecule has 196 valence electrons. The molecule has 0 amide bonds. The molecule has 11 nitrogen and oxygen atoms in total. The van der Waals surface area contributed by atoms with E-state index in [1.165, 1.54) is 6.07 Å². The lowest BCUT2D eigenvalue weighted by molar-refractivity contribution is -0.434. The average Bonchev–Trinajstić information content (AvgIpc) is 2.79. The molecule has 1 heterocycles. The molecule has 0 saturated heterocycles. The third-order valence-electron chi connectivity index (χ3n) is 5.52. The Kier molecular flexibility index (Phi) is 7.12. The normalized spacial score (nSPS) is 17.5. The fourth-order valence-corrected chi connectivity index (χ4v) is 5.46. The molecule has 1 fully saturated rings. The van der Waals surface area contributed by atoms with E-state index in [1.807, 2.05) is 0 Å². The molecule has 0 bridgehead atoms. The fourth-order valence-electron chi connectivity index (χ4n) is 3.50. The number of aromatic hydroxyl groups is 1. The van der Waals surface area contributed by atoms with Crippen molar-refractivity contribution in [1.82, 2.24) is 14.8 Å². The van der Waals surface area contributed by atoms with Crippen LogP contribution in [0.15, 0.2) is 44.8 Å². The Bertz CT molecular complexity index is 1610. The number of rotatable bonds is 7. The van der Waals surface area contributed by atoms with Gasteiger partial charge in [-0.2, -0.15) is 18.2 Å². The Labute approximate surface area is 216 Å². The number of phenols is 1. The first-order valence-corrected chi connectivity index (χ1v) is 12.5. The second-order valence-corrected chi connectivity index (χ2v) is 10.7. The number of halogens is 4. The Hall–Kier alpha value is -3.33. The van der Waals surface area contributed by atoms with Crippen molar-refractivity contribution < 1.29 is 36.1 Å². The number of hydrogen-bond donors (Lipinski definition) is 3. The summed E-state index contributed by atoms with van der Waals surface area (Å²) in [6, 6.07) is 4.97. The molecule has 4 rings (SSSR count). The maximum absolute atomic E-state index is 13.1. The molecule has 0 unspecified atom stereocenters. The molecule has 1 saturated carbocycles. The van der Waals surface area contributed by atoms with Gasteiger partial charge in [0.05, 0.1) is 21.8 Å². The molecule has 0 aliphatic heterocycles. The van der Waals surface area contributed by atoms with Crippen LogP contribution in [0.4, 0.5) is 8.78 Å². The van der Waals surface area contributed by atoms with Gasteiger partial charge in [0.2, 0.25) is 0 Å². The number of ether oxygens (including phenoxy) is 1. The van der Waals surface area contributed by atoms with Crippen LogP contribution in [0.25, 0.3) is 5.69 Å². The summed E-state index contributed by atoms with van der Waals surface area (Å²) in [5.41, 5.74) is -3.84. The summed E-state index contributed by atoms with van der Waals surface area (Å²) in [7, 11) is -4.27. The highest BCUT2D eigenvalue weighted by atomic mass is 35.5. The summed E-state index contributed by atoms with van der Waals surface area (Å²) >= 11 is 12.5. The van der Waals surface area contributed by atoms with Crippen LogP contribution >= 0.6 is 23.2 Å². The van der Waals surface area contributed by atoms with E-state index in [9.17, 15) is 37.0 Å². The van der Waals surface area contributed by atoms with Gasteiger partial charge in [-0.25, -0.2) is 13.6 Å². The van der Waals surface area contributed by atoms with Crippen LogP contribution in [-0.4, -0.2) is 56.2 Å². The van der Waals surface area contributed by atoms with Crippen molar-refractivity contribution >= 4 is 39.9 Å². The zero-order valence-corrected chi connectivity index (χ0v) is 20.8. The van der Waals surface area contributed by atoms with Crippen molar-refractivity contribution in [3.8, 4) is 22.9 Å². The van der Waals surface area contributed by atoms with Gasteiger partial charge in [-0.15, -0.1) is 3.98 Å². The number of H-pyrrole nitrogens is 1. The summed E-state index contributed by atoms with van der Waals surface area (Å²) in [6.07, 6.45) is -3.50. The lowest BCUT2D eigenvalue weighted by Crippen LogP contribution is -2.43. The first-order chi connectivity index (χ1) is 17.3. The molecule has 3 N–H and O–H groups in total. The zero-order chi connectivity index (χ0) is 27.2. The SMILES string of the molecule is C=[N+]([C@H]1C[C@@H](O)C1)S(=O)(=O)c1cc(Oc2c(Cl)cc(-n3nc(C(F)F)c(=O)[nH]c3=O)cc2Cl)ccc1O. The Morgan fingerprint density at radius 3 is 2.38 bits per heavy atom. The number of nitrogens with one attached hydrogen (secondary N) is 1. The predicted molar refractivity (Wildman–Crippen MR) is 127 cm³/mol. The van der Waals surface area contributed by atoms with E-state index >= 15 is 0 Å². The maximum atomic E-state index is 13.1. The molecule has 0 spiro atoms. The fraction of sp³-hybridized carbons (Fsp3) is 0.238. The first-order valence-electron chi connectivity index (χ1n) is 10.3. The van der Waals surface area contributed by atoms with Crippen LogP contribution in [0.5, 0.6) is 17.2 Å². The molecular formula is C21H17Cl2F2N4O7S+.